The molecule has 7 nitrogen and oxygen atoms in total. The quantitative estimate of drug-likeness (QED) is 0.276. The van der Waals surface area contributed by atoms with E-state index in [4.69, 9.17) is 10.6 Å². The first kappa shape index (κ1) is 13.5. The molecule has 0 aliphatic rings. The van der Waals surface area contributed by atoms with Crippen molar-refractivity contribution in [3.8, 4) is 0 Å². The van der Waals surface area contributed by atoms with Crippen LogP contribution in [0, 0.1) is 0 Å². The fraction of sp³-hybridized carbons (Fsp3) is 0.875. The number of nitrogens with one attached hydrogen (secondary N) is 1. The molecule has 0 atom stereocenters. The van der Waals surface area contributed by atoms with Gasteiger partial charge in [-0.1, -0.05) is 5.11 Å². The van der Waals surface area contributed by atoms with E-state index in [0.717, 1.165) is 25.9 Å². The van der Waals surface area contributed by atoms with Crippen molar-refractivity contribution in [2.75, 3.05) is 33.2 Å². The first-order valence-electron chi connectivity index (χ1n) is 4.83. The van der Waals surface area contributed by atoms with Crippen LogP contribution in [0.1, 0.15) is 12.8 Å². The van der Waals surface area contributed by atoms with Crippen molar-refractivity contribution in [2.24, 2.45) is 5.11 Å². The van der Waals surface area contributed by atoms with Gasteiger partial charge in [0, 0.05) is 18.0 Å². The van der Waals surface area contributed by atoms with Crippen LogP contribution in [0.25, 0.3) is 10.4 Å². The SMILES string of the molecule is CN(CCCN=[N+]=[N-])CCCNC(=O)O. The lowest BCUT2D eigenvalue weighted by molar-refractivity contribution is 0.193. The first-order chi connectivity index (χ1) is 7.16. The Morgan fingerprint density at radius 2 is 2.20 bits per heavy atom. The Kier molecular flexibility index (Phi) is 8.22. The molecule has 0 unspecified atom stereocenters. The molecule has 0 spiro atoms. The topological polar surface area (TPSA) is 101 Å². The number of nitrogens with zero attached hydrogens (tertiary/aromatic N) is 4. The normalized spacial score (nSPS) is 9.73. The number of hydrogen-bond acceptors (Lipinski definition) is 3. The maximum atomic E-state index is 10.1. The Hall–Kier alpha value is -1.46. The van der Waals surface area contributed by atoms with Crippen molar-refractivity contribution < 1.29 is 9.90 Å². The van der Waals surface area contributed by atoms with Crippen LogP contribution in [-0.2, 0) is 0 Å². The molecule has 0 bridgehead atoms. The summed E-state index contributed by atoms with van der Waals surface area (Å²) in [5.41, 5.74) is 8.04. The second-order valence-corrected chi connectivity index (χ2v) is 3.20. The van der Waals surface area contributed by atoms with E-state index in [1.165, 1.54) is 0 Å². The molecule has 7 heteroatoms. The highest BCUT2D eigenvalue weighted by Crippen LogP contribution is 1.90. The van der Waals surface area contributed by atoms with Gasteiger partial charge in [0.05, 0.1) is 0 Å². The van der Waals surface area contributed by atoms with Gasteiger partial charge in [-0.15, -0.1) is 0 Å². The minimum absolute atomic E-state index is 0.468. The molecule has 0 saturated heterocycles. The van der Waals surface area contributed by atoms with Crippen LogP contribution in [0.15, 0.2) is 5.11 Å². The molecule has 0 heterocycles. The van der Waals surface area contributed by atoms with Crippen LogP contribution in [0.2, 0.25) is 0 Å². The van der Waals surface area contributed by atoms with Gasteiger partial charge in [0.15, 0.2) is 0 Å². The van der Waals surface area contributed by atoms with Crippen LogP contribution in [-0.4, -0.2) is 49.3 Å². The smallest absolute Gasteiger partial charge is 0.404 e. The maximum Gasteiger partial charge on any atom is 0.404 e. The number of hydrogen-bond donors (Lipinski definition) is 2. The van der Waals surface area contributed by atoms with Gasteiger partial charge in [-0.25, -0.2) is 4.79 Å². The predicted octanol–water partition coefficient (Wildman–Crippen LogP) is 1.28. The average Bonchev–Trinajstić information content (AvgIpc) is 2.19. The van der Waals surface area contributed by atoms with Crippen LogP contribution in [0.4, 0.5) is 4.79 Å². The predicted molar refractivity (Wildman–Crippen MR) is 56.8 cm³/mol. The summed E-state index contributed by atoms with van der Waals surface area (Å²) in [7, 11) is 1.96. The molecule has 86 valence electrons. The van der Waals surface area contributed by atoms with Crippen LogP contribution in [0.3, 0.4) is 0 Å². The molecule has 0 aromatic carbocycles. The Labute approximate surface area is 88.7 Å². The molecule has 0 rings (SSSR count). The molecule has 1 amide bonds. The maximum absolute atomic E-state index is 10.1. The van der Waals surface area contributed by atoms with Gasteiger partial charge in [-0.3, -0.25) is 0 Å². The average molecular weight is 215 g/mol. The highest BCUT2D eigenvalue weighted by Gasteiger charge is 1.98. The van der Waals surface area contributed by atoms with Crippen LogP contribution >= 0.6 is 0 Å². The number of carbonyl (C=O) groups is 1. The molecule has 0 aliphatic heterocycles. The Bertz CT molecular complexity index is 227. The lowest BCUT2D eigenvalue weighted by Gasteiger charge is -2.15. The molecule has 0 aliphatic carbocycles. The highest BCUT2D eigenvalue weighted by atomic mass is 16.4. The van der Waals surface area contributed by atoms with Gasteiger partial charge in [0.25, 0.3) is 0 Å². The summed E-state index contributed by atoms with van der Waals surface area (Å²) in [4.78, 5) is 14.9. The highest BCUT2D eigenvalue weighted by molar-refractivity contribution is 5.64. The Balaban J connectivity index is 3.28. The fourth-order valence-electron chi connectivity index (χ4n) is 1.11. The van der Waals surface area contributed by atoms with Crippen LogP contribution in [0.5, 0.6) is 0 Å². The second-order valence-electron chi connectivity index (χ2n) is 3.20. The van der Waals surface area contributed by atoms with Gasteiger partial charge < -0.3 is 15.3 Å². The molecular weight excluding hydrogens is 198 g/mol. The van der Waals surface area contributed by atoms with Crippen molar-refractivity contribution in [1.29, 1.82) is 0 Å². The molecular formula is C8H17N5O2. The van der Waals surface area contributed by atoms with E-state index in [0.29, 0.717) is 13.1 Å². The Morgan fingerprint density at radius 1 is 1.53 bits per heavy atom. The minimum Gasteiger partial charge on any atom is -0.465 e. The molecule has 2 N–H and O–H groups in total. The fourth-order valence-corrected chi connectivity index (χ4v) is 1.11. The van der Waals surface area contributed by atoms with E-state index in [2.05, 4.69) is 20.2 Å². The van der Waals surface area contributed by atoms with Crippen LogP contribution < -0.4 is 5.32 Å². The number of rotatable bonds is 8. The van der Waals surface area contributed by atoms with Crippen molar-refractivity contribution in [2.45, 2.75) is 12.8 Å². The van der Waals surface area contributed by atoms with Gasteiger partial charge in [-0.2, -0.15) is 0 Å². The lowest BCUT2D eigenvalue weighted by atomic mass is 10.3. The molecule has 0 radical (unpaired) electrons. The van der Waals surface area contributed by atoms with Crippen molar-refractivity contribution in [1.82, 2.24) is 10.2 Å². The molecule has 0 saturated carbocycles. The largest absolute Gasteiger partial charge is 0.465 e. The van der Waals surface area contributed by atoms with E-state index in [-0.39, 0.29) is 0 Å². The van der Waals surface area contributed by atoms with Gasteiger partial charge in [-0.05, 0) is 38.5 Å². The number of amides is 1. The zero-order chi connectivity index (χ0) is 11.5. The zero-order valence-electron chi connectivity index (χ0n) is 8.89. The standard InChI is InChI=1S/C8H17N5O2/c1-13(7-3-5-11-12-9)6-2-4-10-8(14)15/h10H,2-7H2,1H3,(H,14,15). The zero-order valence-corrected chi connectivity index (χ0v) is 8.89. The minimum atomic E-state index is -0.985. The molecule has 0 fully saturated rings. The van der Waals surface area contributed by atoms with Gasteiger partial charge >= 0.3 is 6.09 Å². The summed E-state index contributed by atoms with van der Waals surface area (Å²) in [6, 6.07) is 0. The molecule has 0 aromatic heterocycles. The van der Waals surface area contributed by atoms with Gasteiger partial charge in [0.2, 0.25) is 0 Å². The summed E-state index contributed by atoms with van der Waals surface area (Å²) < 4.78 is 0. The number of carboxylic acid groups (broad SMARTS) is 1. The second kappa shape index (κ2) is 9.11. The third kappa shape index (κ3) is 10.5. The third-order valence-electron chi connectivity index (χ3n) is 1.85. The number of azide groups is 1. The lowest BCUT2D eigenvalue weighted by Crippen LogP contribution is -2.27. The van der Waals surface area contributed by atoms with E-state index >= 15 is 0 Å². The Morgan fingerprint density at radius 3 is 2.80 bits per heavy atom. The van der Waals surface area contributed by atoms with Gasteiger partial charge in [0.1, 0.15) is 0 Å². The van der Waals surface area contributed by atoms with E-state index in [1.807, 2.05) is 7.05 Å². The third-order valence-corrected chi connectivity index (χ3v) is 1.85. The summed E-state index contributed by atoms with van der Waals surface area (Å²) in [5, 5.41) is 14.0. The first-order valence-corrected chi connectivity index (χ1v) is 4.83. The van der Waals surface area contributed by atoms with E-state index in [9.17, 15) is 4.79 Å². The molecule has 0 aromatic rings. The monoisotopic (exact) mass is 215 g/mol. The van der Waals surface area contributed by atoms with Crippen molar-refractivity contribution >= 4 is 6.09 Å². The summed E-state index contributed by atoms with van der Waals surface area (Å²) >= 11 is 0. The van der Waals surface area contributed by atoms with E-state index < -0.39 is 6.09 Å². The van der Waals surface area contributed by atoms with Crippen molar-refractivity contribution in [3.05, 3.63) is 10.4 Å². The summed E-state index contributed by atoms with van der Waals surface area (Å²) in [5.74, 6) is 0. The van der Waals surface area contributed by atoms with E-state index in [1.54, 1.807) is 0 Å². The summed E-state index contributed by atoms with van der Waals surface area (Å²) in [6.45, 7) is 2.66. The molecule has 15 heavy (non-hydrogen) atoms. The van der Waals surface area contributed by atoms with Crippen molar-refractivity contribution in [3.63, 3.8) is 0 Å². The summed E-state index contributed by atoms with van der Waals surface area (Å²) in [6.07, 6.45) is 0.623.